The van der Waals surface area contributed by atoms with Crippen molar-refractivity contribution in [2.45, 2.75) is 13.8 Å². The van der Waals surface area contributed by atoms with Gasteiger partial charge in [-0.05, 0) is 37.1 Å². The fourth-order valence-electron chi connectivity index (χ4n) is 2.79. The largest absolute Gasteiger partial charge is 0.495 e. The number of hydrogen-bond acceptors (Lipinski definition) is 7. The molecule has 1 N–H and O–H groups in total. The standard InChI is InChI=1S/C20H25N3O7S/c1-14-6-5-7-18(15(14)2)30-11-10-21-20(24)13-22(31(4,27)28)17-12-16(23(25)26)8-9-19(17)29-3/h5-9,12H,10-11,13H2,1-4H3,(H,21,24). The average Bonchev–Trinajstić information content (AvgIpc) is 2.71. The van der Waals surface area contributed by atoms with Crippen LogP contribution in [0.3, 0.4) is 0 Å². The Kier molecular flexibility index (Phi) is 7.81. The summed E-state index contributed by atoms with van der Waals surface area (Å²) in [5, 5.41) is 13.7. The molecule has 0 aromatic heterocycles. The van der Waals surface area contributed by atoms with Crippen LogP contribution in [-0.2, 0) is 14.8 Å². The van der Waals surface area contributed by atoms with E-state index in [0.29, 0.717) is 5.75 Å². The van der Waals surface area contributed by atoms with Crippen molar-refractivity contribution >= 4 is 27.3 Å². The van der Waals surface area contributed by atoms with Crippen molar-refractivity contribution in [1.29, 1.82) is 0 Å². The number of sulfonamides is 1. The fraction of sp³-hybridized carbons (Fsp3) is 0.350. The SMILES string of the molecule is COc1ccc([N+](=O)[O-])cc1N(CC(=O)NCCOc1cccc(C)c1C)S(C)(=O)=O. The van der Waals surface area contributed by atoms with Gasteiger partial charge < -0.3 is 14.8 Å². The smallest absolute Gasteiger partial charge is 0.271 e. The minimum atomic E-state index is -3.93. The van der Waals surface area contributed by atoms with E-state index in [9.17, 15) is 23.3 Å². The predicted octanol–water partition coefficient (Wildman–Crippen LogP) is 2.18. The Bertz CT molecular complexity index is 1070. The molecule has 11 heteroatoms. The maximum Gasteiger partial charge on any atom is 0.271 e. The summed E-state index contributed by atoms with van der Waals surface area (Å²) >= 11 is 0. The number of carbonyl (C=O) groups excluding carboxylic acids is 1. The Hall–Kier alpha value is -3.34. The lowest BCUT2D eigenvalue weighted by Gasteiger charge is -2.23. The maximum absolute atomic E-state index is 12.4. The summed E-state index contributed by atoms with van der Waals surface area (Å²) in [7, 11) is -2.63. The van der Waals surface area contributed by atoms with Gasteiger partial charge in [-0.2, -0.15) is 0 Å². The van der Waals surface area contributed by atoms with Crippen LogP contribution in [0.2, 0.25) is 0 Å². The summed E-state index contributed by atoms with van der Waals surface area (Å²) < 4.78 is 36.1. The van der Waals surface area contributed by atoms with E-state index in [4.69, 9.17) is 9.47 Å². The molecule has 0 aliphatic heterocycles. The highest BCUT2D eigenvalue weighted by Crippen LogP contribution is 2.33. The molecule has 0 aliphatic carbocycles. The van der Waals surface area contributed by atoms with Crippen molar-refractivity contribution in [3.05, 3.63) is 57.6 Å². The maximum atomic E-state index is 12.4. The third-order valence-electron chi connectivity index (χ3n) is 4.57. The lowest BCUT2D eigenvalue weighted by Crippen LogP contribution is -2.41. The van der Waals surface area contributed by atoms with Crippen LogP contribution >= 0.6 is 0 Å². The second-order valence-electron chi connectivity index (χ2n) is 6.78. The number of methoxy groups -OCH3 is 1. The molecule has 0 bridgehead atoms. The number of ether oxygens (including phenoxy) is 2. The molecule has 0 radical (unpaired) electrons. The van der Waals surface area contributed by atoms with Gasteiger partial charge in [-0.25, -0.2) is 8.42 Å². The molecule has 10 nitrogen and oxygen atoms in total. The first kappa shape index (κ1) is 23.9. The van der Waals surface area contributed by atoms with Gasteiger partial charge in [-0.3, -0.25) is 19.2 Å². The zero-order valence-electron chi connectivity index (χ0n) is 17.7. The Morgan fingerprint density at radius 2 is 1.90 bits per heavy atom. The van der Waals surface area contributed by atoms with Gasteiger partial charge in [0.25, 0.3) is 5.69 Å². The van der Waals surface area contributed by atoms with E-state index >= 15 is 0 Å². The molecule has 0 spiro atoms. The van der Waals surface area contributed by atoms with Crippen LogP contribution in [0.5, 0.6) is 11.5 Å². The number of benzene rings is 2. The zero-order valence-corrected chi connectivity index (χ0v) is 18.6. The summed E-state index contributed by atoms with van der Waals surface area (Å²) in [6.07, 6.45) is 0.905. The summed E-state index contributed by atoms with van der Waals surface area (Å²) in [5.41, 5.74) is 1.65. The van der Waals surface area contributed by atoms with Crippen molar-refractivity contribution in [2.75, 3.05) is 37.4 Å². The van der Waals surface area contributed by atoms with Crippen LogP contribution in [0.4, 0.5) is 11.4 Å². The van der Waals surface area contributed by atoms with Crippen molar-refractivity contribution in [1.82, 2.24) is 5.32 Å². The van der Waals surface area contributed by atoms with Gasteiger partial charge in [0.15, 0.2) is 0 Å². The Labute approximate surface area is 181 Å². The molecule has 31 heavy (non-hydrogen) atoms. The predicted molar refractivity (Wildman–Crippen MR) is 116 cm³/mol. The summed E-state index contributed by atoms with van der Waals surface area (Å²) in [5.74, 6) is 0.193. The van der Waals surface area contributed by atoms with Gasteiger partial charge in [0.2, 0.25) is 15.9 Å². The molecule has 0 atom stereocenters. The summed E-state index contributed by atoms with van der Waals surface area (Å²) in [6.45, 7) is 3.66. The van der Waals surface area contributed by atoms with Crippen molar-refractivity contribution in [3.8, 4) is 11.5 Å². The van der Waals surface area contributed by atoms with Crippen LogP contribution in [-0.4, -0.2) is 52.3 Å². The van der Waals surface area contributed by atoms with E-state index in [1.807, 2.05) is 32.0 Å². The van der Waals surface area contributed by atoms with E-state index in [1.165, 1.54) is 19.2 Å². The number of amides is 1. The van der Waals surface area contributed by atoms with Gasteiger partial charge in [-0.15, -0.1) is 0 Å². The summed E-state index contributed by atoms with van der Waals surface area (Å²) in [4.78, 5) is 22.8. The number of nitro benzene ring substituents is 1. The molecule has 0 aliphatic rings. The topological polar surface area (TPSA) is 128 Å². The molecule has 1 amide bonds. The Morgan fingerprint density at radius 1 is 1.19 bits per heavy atom. The number of nitro groups is 1. The van der Waals surface area contributed by atoms with Gasteiger partial charge in [0, 0.05) is 12.1 Å². The number of carbonyl (C=O) groups is 1. The minimum absolute atomic E-state index is 0.0853. The molecule has 0 fully saturated rings. The number of hydrogen-bond donors (Lipinski definition) is 1. The van der Waals surface area contributed by atoms with E-state index in [2.05, 4.69) is 5.32 Å². The summed E-state index contributed by atoms with van der Waals surface area (Å²) in [6, 6.07) is 9.18. The molecule has 0 saturated carbocycles. The van der Waals surface area contributed by atoms with Crippen LogP contribution in [0, 0.1) is 24.0 Å². The van der Waals surface area contributed by atoms with Crippen LogP contribution < -0.4 is 19.1 Å². The Morgan fingerprint density at radius 3 is 2.52 bits per heavy atom. The van der Waals surface area contributed by atoms with Crippen molar-refractivity contribution in [3.63, 3.8) is 0 Å². The Balaban J connectivity index is 2.08. The molecule has 2 rings (SSSR count). The van der Waals surface area contributed by atoms with E-state index in [0.717, 1.165) is 27.8 Å². The quantitative estimate of drug-likeness (QED) is 0.333. The lowest BCUT2D eigenvalue weighted by atomic mass is 10.1. The second kappa shape index (κ2) is 10.1. The third kappa shape index (κ3) is 6.32. The fourth-order valence-corrected chi connectivity index (χ4v) is 3.64. The number of rotatable bonds is 10. The minimum Gasteiger partial charge on any atom is -0.495 e. The molecular weight excluding hydrogens is 426 g/mol. The zero-order chi connectivity index (χ0) is 23.2. The monoisotopic (exact) mass is 451 g/mol. The number of non-ortho nitro benzene ring substituents is 1. The van der Waals surface area contributed by atoms with Crippen molar-refractivity contribution in [2.24, 2.45) is 0 Å². The number of aryl methyl sites for hydroxylation is 1. The normalized spacial score (nSPS) is 11.0. The van der Waals surface area contributed by atoms with E-state index in [-0.39, 0.29) is 30.3 Å². The highest BCUT2D eigenvalue weighted by Gasteiger charge is 2.26. The van der Waals surface area contributed by atoms with Crippen LogP contribution in [0.25, 0.3) is 0 Å². The van der Waals surface area contributed by atoms with E-state index < -0.39 is 27.4 Å². The highest BCUT2D eigenvalue weighted by molar-refractivity contribution is 7.92. The second-order valence-corrected chi connectivity index (χ2v) is 8.69. The molecule has 2 aromatic carbocycles. The molecule has 0 saturated heterocycles. The van der Waals surface area contributed by atoms with E-state index in [1.54, 1.807) is 0 Å². The molecule has 0 unspecified atom stereocenters. The lowest BCUT2D eigenvalue weighted by molar-refractivity contribution is -0.384. The molecule has 168 valence electrons. The molecule has 2 aromatic rings. The van der Waals surface area contributed by atoms with Gasteiger partial charge in [-0.1, -0.05) is 12.1 Å². The first-order chi connectivity index (χ1) is 14.5. The first-order valence-corrected chi connectivity index (χ1v) is 11.1. The average molecular weight is 452 g/mol. The molecule has 0 heterocycles. The van der Waals surface area contributed by atoms with Crippen molar-refractivity contribution < 1.29 is 27.6 Å². The number of anilines is 1. The molecular formula is C20H25N3O7S. The van der Waals surface area contributed by atoms with Crippen LogP contribution in [0.1, 0.15) is 11.1 Å². The van der Waals surface area contributed by atoms with Crippen LogP contribution in [0.15, 0.2) is 36.4 Å². The van der Waals surface area contributed by atoms with Gasteiger partial charge >= 0.3 is 0 Å². The highest BCUT2D eigenvalue weighted by atomic mass is 32.2. The third-order valence-corrected chi connectivity index (χ3v) is 5.69. The van der Waals surface area contributed by atoms with Gasteiger partial charge in [0.05, 0.1) is 24.8 Å². The van der Waals surface area contributed by atoms with Gasteiger partial charge in [0.1, 0.15) is 30.3 Å². The number of nitrogens with zero attached hydrogens (tertiary/aromatic N) is 2. The first-order valence-electron chi connectivity index (χ1n) is 9.30. The number of nitrogens with one attached hydrogen (secondary N) is 1.